The van der Waals surface area contributed by atoms with Crippen LogP contribution in [0.15, 0.2) is 322 Å². The lowest BCUT2D eigenvalue weighted by molar-refractivity contribution is 0.769. The van der Waals surface area contributed by atoms with Crippen molar-refractivity contribution >= 4 is 39.0 Å². The summed E-state index contributed by atoms with van der Waals surface area (Å²) in [6.45, 7) is 6.66. The van der Waals surface area contributed by atoms with Gasteiger partial charge in [0.25, 0.3) is 0 Å². The summed E-state index contributed by atoms with van der Waals surface area (Å²) in [4.78, 5) is 2.37. The second kappa shape index (κ2) is 21.2. The summed E-state index contributed by atoms with van der Waals surface area (Å²) in [6.07, 6.45) is 6.49. The molecule has 12 aromatic rings. The Kier molecular flexibility index (Phi) is 13.0. The van der Waals surface area contributed by atoms with Crippen LogP contribution >= 0.6 is 0 Å². The quantitative estimate of drug-likeness (QED) is 0.104. The lowest BCUT2D eigenvalue weighted by atomic mass is 9.67. The molecule has 0 radical (unpaired) electrons. The van der Waals surface area contributed by atoms with E-state index in [0.29, 0.717) is 0 Å². The molecule has 0 N–H and O–H groups in total. The summed E-state index contributed by atoms with van der Waals surface area (Å²) < 4.78 is 0. The third-order valence-corrected chi connectivity index (χ3v) is 15.8. The standard InChI is InChI=1S/C78H57N/c1-3-21-62(50-55(2)72-34-20-27-61-26-16-17-32-73(61)72)58-36-43-69(44-37-58)79(71-47-40-60(41-48-71)66-52-64(56-22-8-4-9-23-56)51-65(53-66)57-24-10-5-11-25-57)70-45-38-59(39-46-70)63-42-49-75-74-33-18-19-35-76(74)78(77(75)54-63,67-28-12-6-13-29-67)68-30-14-7-15-31-68/h3-54H,2H2,1H3/b21-3-,62-50+. The molecular formula is C78H57N. The second-order valence-electron chi connectivity index (χ2n) is 20.4. The van der Waals surface area contributed by atoms with E-state index in [9.17, 15) is 0 Å². The normalized spacial score (nSPS) is 12.5. The number of rotatable bonds is 13. The van der Waals surface area contributed by atoms with Gasteiger partial charge in [0, 0.05) is 17.1 Å². The first kappa shape index (κ1) is 48.6. The van der Waals surface area contributed by atoms with Gasteiger partial charge in [-0.05, 0) is 185 Å². The van der Waals surface area contributed by atoms with Crippen LogP contribution in [0.5, 0.6) is 0 Å². The van der Waals surface area contributed by atoms with Crippen molar-refractivity contribution in [3.8, 4) is 55.6 Å². The zero-order valence-electron chi connectivity index (χ0n) is 44.2. The third kappa shape index (κ3) is 9.12. The summed E-state index contributed by atoms with van der Waals surface area (Å²) in [5.41, 5.74) is 24.1. The predicted molar refractivity (Wildman–Crippen MR) is 336 cm³/mol. The lowest BCUT2D eigenvalue weighted by Crippen LogP contribution is -2.28. The average Bonchev–Trinajstić information content (AvgIpc) is 3.76. The van der Waals surface area contributed by atoms with Crippen LogP contribution in [0.1, 0.15) is 40.3 Å². The molecule has 0 saturated carbocycles. The van der Waals surface area contributed by atoms with Crippen molar-refractivity contribution in [2.45, 2.75) is 12.3 Å². The SMILES string of the molecule is C=C(/C=C(\C=C/C)c1ccc(N(c2ccc(-c3cc(-c4ccccc4)cc(-c4ccccc4)c3)cc2)c2ccc(-c3ccc4c(c3)C(c3ccccc3)(c3ccccc3)c3ccccc3-4)cc2)cc1)c1cccc2ccccc12. The Bertz CT molecular complexity index is 4110. The van der Waals surface area contributed by atoms with E-state index in [0.717, 1.165) is 50.5 Å². The zero-order valence-corrected chi connectivity index (χ0v) is 44.2. The minimum atomic E-state index is -0.476. The van der Waals surface area contributed by atoms with Gasteiger partial charge in [0.05, 0.1) is 5.41 Å². The number of anilines is 3. The van der Waals surface area contributed by atoms with Crippen molar-refractivity contribution in [1.29, 1.82) is 0 Å². The summed E-state index contributed by atoms with van der Waals surface area (Å²) in [5, 5.41) is 2.40. The van der Waals surface area contributed by atoms with E-state index >= 15 is 0 Å². The van der Waals surface area contributed by atoms with E-state index in [1.807, 2.05) is 0 Å². The van der Waals surface area contributed by atoms with Gasteiger partial charge in [-0.2, -0.15) is 0 Å². The molecule has 0 atom stereocenters. The molecule has 0 bridgehead atoms. The summed E-state index contributed by atoms with van der Waals surface area (Å²) >= 11 is 0. The molecular weight excluding hydrogens is 951 g/mol. The highest BCUT2D eigenvalue weighted by atomic mass is 15.1. The van der Waals surface area contributed by atoms with Crippen molar-refractivity contribution in [3.05, 3.63) is 355 Å². The van der Waals surface area contributed by atoms with Gasteiger partial charge in [0.15, 0.2) is 0 Å². The molecule has 0 heterocycles. The van der Waals surface area contributed by atoms with Crippen LogP contribution in [0.25, 0.3) is 77.6 Å². The van der Waals surface area contributed by atoms with Gasteiger partial charge in [0.1, 0.15) is 0 Å². The van der Waals surface area contributed by atoms with Crippen molar-refractivity contribution < 1.29 is 0 Å². The molecule has 1 heteroatoms. The van der Waals surface area contributed by atoms with E-state index in [2.05, 4.69) is 334 Å². The van der Waals surface area contributed by atoms with Gasteiger partial charge in [0.2, 0.25) is 0 Å². The average molecular weight is 1010 g/mol. The third-order valence-electron chi connectivity index (χ3n) is 15.8. The van der Waals surface area contributed by atoms with Crippen molar-refractivity contribution in [2.75, 3.05) is 4.90 Å². The minimum Gasteiger partial charge on any atom is -0.311 e. The monoisotopic (exact) mass is 1010 g/mol. The molecule has 0 amide bonds. The Balaban J connectivity index is 0.899. The highest BCUT2D eigenvalue weighted by Gasteiger charge is 2.46. The molecule has 1 nitrogen and oxygen atoms in total. The number of hydrogen-bond donors (Lipinski definition) is 0. The predicted octanol–water partition coefficient (Wildman–Crippen LogP) is 21.0. The van der Waals surface area contributed by atoms with E-state index in [4.69, 9.17) is 0 Å². The molecule has 0 spiro atoms. The number of benzene rings is 12. The van der Waals surface area contributed by atoms with E-state index in [1.54, 1.807) is 0 Å². The Morgan fingerprint density at radius 1 is 0.367 bits per heavy atom. The molecule has 79 heavy (non-hydrogen) atoms. The summed E-state index contributed by atoms with van der Waals surface area (Å²) in [6, 6.07) is 109. The van der Waals surface area contributed by atoms with Crippen LogP contribution < -0.4 is 4.90 Å². The smallest absolute Gasteiger partial charge is 0.0713 e. The van der Waals surface area contributed by atoms with E-state index in [1.165, 1.54) is 77.5 Å². The van der Waals surface area contributed by atoms with Crippen LogP contribution in [-0.4, -0.2) is 0 Å². The molecule has 13 rings (SSSR count). The zero-order chi connectivity index (χ0) is 53.1. The molecule has 0 unspecified atom stereocenters. The Morgan fingerprint density at radius 3 is 1.38 bits per heavy atom. The first-order valence-electron chi connectivity index (χ1n) is 27.3. The van der Waals surface area contributed by atoms with Gasteiger partial charge < -0.3 is 4.90 Å². The fourth-order valence-corrected chi connectivity index (χ4v) is 12.0. The van der Waals surface area contributed by atoms with Crippen LogP contribution in [0.3, 0.4) is 0 Å². The van der Waals surface area contributed by atoms with Crippen molar-refractivity contribution in [1.82, 2.24) is 0 Å². The fraction of sp³-hybridized carbons (Fsp3) is 0.0256. The number of allylic oxidation sites excluding steroid dienone is 5. The van der Waals surface area contributed by atoms with Crippen molar-refractivity contribution in [3.63, 3.8) is 0 Å². The molecule has 0 saturated heterocycles. The highest BCUT2D eigenvalue weighted by molar-refractivity contribution is 5.99. The number of hydrogen-bond acceptors (Lipinski definition) is 1. The fourth-order valence-electron chi connectivity index (χ4n) is 12.0. The van der Waals surface area contributed by atoms with Gasteiger partial charge >= 0.3 is 0 Å². The summed E-state index contributed by atoms with van der Waals surface area (Å²) in [7, 11) is 0. The Labute approximate surface area is 464 Å². The van der Waals surface area contributed by atoms with Crippen molar-refractivity contribution in [2.24, 2.45) is 0 Å². The lowest BCUT2D eigenvalue weighted by Gasteiger charge is -2.34. The van der Waals surface area contributed by atoms with Gasteiger partial charge in [-0.3, -0.25) is 0 Å². The molecule has 1 aliphatic rings. The highest BCUT2D eigenvalue weighted by Crippen LogP contribution is 2.57. The molecule has 0 aromatic heterocycles. The largest absolute Gasteiger partial charge is 0.311 e. The maximum Gasteiger partial charge on any atom is 0.0713 e. The maximum absolute atomic E-state index is 4.59. The molecule has 1 aliphatic carbocycles. The van der Waals surface area contributed by atoms with E-state index < -0.39 is 5.41 Å². The maximum atomic E-state index is 4.59. The molecule has 0 fully saturated rings. The van der Waals surface area contributed by atoms with Gasteiger partial charge in [-0.15, -0.1) is 0 Å². The second-order valence-corrected chi connectivity index (χ2v) is 20.4. The molecule has 12 aromatic carbocycles. The van der Waals surface area contributed by atoms with Crippen LogP contribution in [-0.2, 0) is 5.41 Å². The Hall–Kier alpha value is -10.1. The number of nitrogens with zero attached hydrogens (tertiary/aromatic N) is 1. The first-order valence-corrected chi connectivity index (χ1v) is 27.3. The van der Waals surface area contributed by atoms with Crippen LogP contribution in [0, 0.1) is 0 Å². The van der Waals surface area contributed by atoms with Gasteiger partial charge in [-0.1, -0.05) is 255 Å². The number of fused-ring (bicyclic) bond motifs is 4. The molecule has 374 valence electrons. The van der Waals surface area contributed by atoms with Gasteiger partial charge in [-0.25, -0.2) is 0 Å². The summed E-state index contributed by atoms with van der Waals surface area (Å²) in [5.74, 6) is 0. The van der Waals surface area contributed by atoms with Crippen LogP contribution in [0.2, 0.25) is 0 Å². The van der Waals surface area contributed by atoms with E-state index in [-0.39, 0.29) is 0 Å². The molecule has 0 aliphatic heterocycles. The minimum absolute atomic E-state index is 0.476. The first-order chi connectivity index (χ1) is 39.0. The Morgan fingerprint density at radius 2 is 0.810 bits per heavy atom. The van der Waals surface area contributed by atoms with Crippen LogP contribution in [0.4, 0.5) is 17.1 Å². The topological polar surface area (TPSA) is 3.24 Å².